The van der Waals surface area contributed by atoms with Crippen LogP contribution in [0.4, 0.5) is 27.5 Å². The van der Waals surface area contributed by atoms with Crippen LogP contribution in [0.15, 0.2) is 48.5 Å². The highest BCUT2D eigenvalue weighted by atomic mass is 16.5. The molecular weight excluding hydrogens is 538 g/mol. The van der Waals surface area contributed by atoms with Gasteiger partial charge < -0.3 is 30.3 Å². The zero-order chi connectivity index (χ0) is 29.0. The van der Waals surface area contributed by atoms with Crippen LogP contribution in [-0.4, -0.2) is 74.3 Å². The number of urea groups is 1. The minimum absolute atomic E-state index is 0.0134. The highest BCUT2D eigenvalue weighted by molar-refractivity contribution is 5.98. The van der Waals surface area contributed by atoms with Crippen molar-refractivity contribution in [2.45, 2.75) is 81.6 Å². The summed E-state index contributed by atoms with van der Waals surface area (Å²) in [4.78, 5) is 20.5. The number of carbonyl (C=O) groups is 1. The fourth-order valence-corrected chi connectivity index (χ4v) is 9.58. The van der Waals surface area contributed by atoms with Gasteiger partial charge in [-0.2, -0.15) is 0 Å². The van der Waals surface area contributed by atoms with E-state index in [9.17, 15) is 9.90 Å². The van der Waals surface area contributed by atoms with E-state index in [4.69, 9.17) is 4.74 Å². The quantitative estimate of drug-likeness (QED) is 0.457. The molecule has 6 fully saturated rings. The SMILES string of the molecule is O=C(NC1C2CC3CC1CC(O)(C3)C2)N1CCN(c2ccc(N3CCC(OC4CCNCC4)CC3)cc2)c2ccccc21. The van der Waals surface area contributed by atoms with E-state index in [1.165, 1.54) is 5.69 Å². The first-order valence-corrected chi connectivity index (χ1v) is 16.9. The maximum atomic E-state index is 13.7. The van der Waals surface area contributed by atoms with Gasteiger partial charge in [0.05, 0.1) is 29.2 Å². The fraction of sp³-hybridized carbons (Fsp3) is 0.629. The number of amides is 2. The number of para-hydroxylation sites is 2. The first-order valence-electron chi connectivity index (χ1n) is 16.9. The summed E-state index contributed by atoms with van der Waals surface area (Å²) < 4.78 is 6.43. The van der Waals surface area contributed by atoms with Crippen LogP contribution < -0.4 is 25.3 Å². The number of fused-ring (bicyclic) bond motifs is 1. The van der Waals surface area contributed by atoms with Gasteiger partial charge in [0.2, 0.25) is 0 Å². The molecule has 9 rings (SSSR count). The van der Waals surface area contributed by atoms with Crippen LogP contribution >= 0.6 is 0 Å². The third-order valence-corrected chi connectivity index (χ3v) is 11.4. The third-order valence-electron chi connectivity index (χ3n) is 11.4. The second kappa shape index (κ2) is 11.3. The van der Waals surface area contributed by atoms with E-state index in [-0.39, 0.29) is 12.1 Å². The minimum Gasteiger partial charge on any atom is -0.390 e. The van der Waals surface area contributed by atoms with Crippen molar-refractivity contribution >= 4 is 28.8 Å². The molecular formula is C35H47N5O3. The van der Waals surface area contributed by atoms with Crippen molar-refractivity contribution in [3.05, 3.63) is 48.5 Å². The van der Waals surface area contributed by atoms with Crippen molar-refractivity contribution in [2.24, 2.45) is 17.8 Å². The smallest absolute Gasteiger partial charge is 0.322 e. The Bertz CT molecular complexity index is 1290. The van der Waals surface area contributed by atoms with E-state index in [1.54, 1.807) is 0 Å². The van der Waals surface area contributed by atoms with E-state index < -0.39 is 5.60 Å². The summed E-state index contributed by atoms with van der Waals surface area (Å²) >= 11 is 0. The van der Waals surface area contributed by atoms with Gasteiger partial charge in [0.1, 0.15) is 0 Å². The molecule has 4 aliphatic carbocycles. The zero-order valence-electron chi connectivity index (χ0n) is 25.3. The summed E-state index contributed by atoms with van der Waals surface area (Å²) in [5, 5.41) is 17.9. The van der Waals surface area contributed by atoms with Gasteiger partial charge >= 0.3 is 6.03 Å². The predicted molar refractivity (Wildman–Crippen MR) is 170 cm³/mol. The fourth-order valence-electron chi connectivity index (χ4n) is 9.58. The molecule has 0 aromatic heterocycles. The Kier molecular flexibility index (Phi) is 7.27. The molecule has 2 atom stereocenters. The molecule has 3 aliphatic heterocycles. The maximum absolute atomic E-state index is 13.7. The second-order valence-electron chi connectivity index (χ2n) is 14.2. The number of aliphatic hydroxyl groups is 1. The van der Waals surface area contributed by atoms with Crippen LogP contribution in [0.1, 0.15) is 57.8 Å². The monoisotopic (exact) mass is 585 g/mol. The van der Waals surface area contributed by atoms with Crippen molar-refractivity contribution < 1.29 is 14.6 Å². The van der Waals surface area contributed by atoms with E-state index in [0.717, 1.165) is 108 Å². The third kappa shape index (κ3) is 5.40. The summed E-state index contributed by atoms with van der Waals surface area (Å²) in [7, 11) is 0. The van der Waals surface area contributed by atoms with E-state index in [0.29, 0.717) is 36.5 Å². The standard InChI is InChI=1S/C35H47N5O3/c41-34(37-33-25-19-24-20-26(33)23-35(42,21-24)22-25)40-18-17-39(31-3-1-2-4-32(31)40)28-7-5-27(6-8-28)38-15-11-30(12-16-38)43-29-9-13-36-14-10-29/h1-8,24-26,29-30,33,36,42H,9-23H2,(H,37,41). The number of benzene rings is 2. The number of piperidine rings is 2. The van der Waals surface area contributed by atoms with Gasteiger partial charge in [-0.05, 0) is 125 Å². The molecule has 3 N–H and O–H groups in total. The molecule has 2 amide bonds. The number of ether oxygens (including phenoxy) is 1. The van der Waals surface area contributed by atoms with Gasteiger partial charge in [-0.3, -0.25) is 4.90 Å². The van der Waals surface area contributed by atoms with Crippen molar-refractivity contribution in [3.63, 3.8) is 0 Å². The lowest BCUT2D eigenvalue weighted by Crippen LogP contribution is -2.63. The Morgan fingerprint density at radius 3 is 2.16 bits per heavy atom. The zero-order valence-corrected chi connectivity index (χ0v) is 25.3. The van der Waals surface area contributed by atoms with Gasteiger partial charge in [0.25, 0.3) is 0 Å². The van der Waals surface area contributed by atoms with Crippen LogP contribution in [-0.2, 0) is 4.74 Å². The van der Waals surface area contributed by atoms with Crippen LogP contribution in [0.5, 0.6) is 0 Å². The Morgan fingerprint density at radius 1 is 0.814 bits per heavy atom. The molecule has 230 valence electrons. The average molecular weight is 586 g/mol. The van der Waals surface area contributed by atoms with Gasteiger partial charge in [-0.15, -0.1) is 0 Å². The summed E-state index contributed by atoms with van der Waals surface area (Å²) in [5.41, 5.74) is 3.99. The molecule has 2 aromatic carbocycles. The van der Waals surface area contributed by atoms with Crippen LogP contribution in [0.25, 0.3) is 0 Å². The van der Waals surface area contributed by atoms with Crippen molar-refractivity contribution in [1.82, 2.24) is 10.6 Å². The summed E-state index contributed by atoms with van der Waals surface area (Å²) in [6.07, 6.45) is 10.2. The highest BCUT2D eigenvalue weighted by Gasteiger charge is 2.55. The number of carbonyl (C=O) groups excluding carboxylic acids is 1. The average Bonchev–Trinajstić information content (AvgIpc) is 3.02. The van der Waals surface area contributed by atoms with E-state index in [1.807, 2.05) is 11.0 Å². The van der Waals surface area contributed by atoms with Gasteiger partial charge in [-0.25, -0.2) is 4.79 Å². The molecule has 8 heteroatoms. The lowest BCUT2D eigenvalue weighted by atomic mass is 9.52. The van der Waals surface area contributed by atoms with Crippen LogP contribution in [0.2, 0.25) is 0 Å². The largest absolute Gasteiger partial charge is 0.390 e. The summed E-state index contributed by atoms with van der Waals surface area (Å²) in [5.74, 6) is 1.45. The molecule has 2 aromatic rings. The van der Waals surface area contributed by atoms with Gasteiger partial charge in [0, 0.05) is 43.6 Å². The Morgan fingerprint density at radius 2 is 1.47 bits per heavy atom. The lowest BCUT2D eigenvalue weighted by Gasteiger charge is -2.58. The maximum Gasteiger partial charge on any atom is 0.322 e. The van der Waals surface area contributed by atoms with Crippen molar-refractivity contribution in [1.29, 1.82) is 0 Å². The molecule has 2 saturated heterocycles. The second-order valence-corrected chi connectivity index (χ2v) is 14.2. The summed E-state index contributed by atoms with van der Waals surface area (Å²) in [6, 6.07) is 17.5. The number of nitrogens with one attached hydrogen (secondary N) is 2. The molecule has 4 bridgehead atoms. The molecule has 7 aliphatic rings. The molecule has 2 unspecified atom stereocenters. The van der Waals surface area contributed by atoms with Crippen LogP contribution in [0, 0.1) is 17.8 Å². The molecule has 8 nitrogen and oxygen atoms in total. The molecule has 0 spiro atoms. The van der Waals surface area contributed by atoms with Gasteiger partial charge in [-0.1, -0.05) is 12.1 Å². The molecule has 43 heavy (non-hydrogen) atoms. The minimum atomic E-state index is -0.483. The Hall–Kier alpha value is -2.81. The first-order chi connectivity index (χ1) is 21.0. The number of hydrogen-bond donors (Lipinski definition) is 3. The van der Waals surface area contributed by atoms with Crippen LogP contribution in [0.3, 0.4) is 0 Å². The van der Waals surface area contributed by atoms with Crippen molar-refractivity contribution in [2.75, 3.05) is 54.0 Å². The topological polar surface area (TPSA) is 80.3 Å². The number of rotatable bonds is 5. The lowest BCUT2D eigenvalue weighted by molar-refractivity contribution is -0.136. The first kappa shape index (κ1) is 27.7. The number of nitrogens with zero attached hydrogens (tertiary/aromatic N) is 3. The number of hydrogen-bond acceptors (Lipinski definition) is 6. The molecule has 0 radical (unpaired) electrons. The number of anilines is 4. The molecule has 3 heterocycles. The highest BCUT2D eigenvalue weighted by Crippen LogP contribution is 2.55. The van der Waals surface area contributed by atoms with E-state index in [2.05, 4.69) is 62.9 Å². The normalized spacial score (nSPS) is 32.6. The summed E-state index contributed by atoms with van der Waals surface area (Å²) in [6.45, 7) is 5.63. The molecule has 4 saturated carbocycles. The van der Waals surface area contributed by atoms with Gasteiger partial charge in [0.15, 0.2) is 0 Å². The van der Waals surface area contributed by atoms with Crippen molar-refractivity contribution in [3.8, 4) is 0 Å². The Labute approximate surface area is 255 Å². The Balaban J connectivity index is 0.914. The van der Waals surface area contributed by atoms with E-state index >= 15 is 0 Å². The predicted octanol–water partition coefficient (Wildman–Crippen LogP) is 5.03.